The van der Waals surface area contributed by atoms with Crippen molar-refractivity contribution in [1.29, 1.82) is 0 Å². The van der Waals surface area contributed by atoms with Crippen molar-refractivity contribution in [2.45, 2.75) is 31.0 Å². The van der Waals surface area contributed by atoms with E-state index in [0.717, 1.165) is 0 Å². The molecule has 0 amide bonds. The van der Waals surface area contributed by atoms with Crippen LogP contribution >= 0.6 is 0 Å². The van der Waals surface area contributed by atoms with Gasteiger partial charge in [0.1, 0.15) is 17.8 Å². The van der Waals surface area contributed by atoms with E-state index in [1.807, 2.05) is 0 Å². The summed E-state index contributed by atoms with van der Waals surface area (Å²) in [5.41, 5.74) is -1.83. The lowest BCUT2D eigenvalue weighted by molar-refractivity contribution is -0.0950. The highest BCUT2D eigenvalue weighted by Crippen LogP contribution is 2.38. The number of nitrogens with zero attached hydrogens (tertiary/aromatic N) is 3. The Balaban J connectivity index is 2.14. The summed E-state index contributed by atoms with van der Waals surface area (Å²) in [7, 11) is 1.60. The van der Waals surface area contributed by atoms with Crippen LogP contribution in [-0.4, -0.2) is 66.3 Å². The van der Waals surface area contributed by atoms with Gasteiger partial charge >= 0.3 is 0 Å². The molecule has 0 unspecified atom stereocenters. The van der Waals surface area contributed by atoms with Gasteiger partial charge in [-0.05, 0) is 6.92 Å². The minimum absolute atomic E-state index is 0.0836. The van der Waals surface area contributed by atoms with Gasteiger partial charge in [-0.2, -0.15) is 4.98 Å². The molecule has 0 saturated carbocycles. The first-order valence-corrected chi connectivity index (χ1v) is 6.71. The zero-order valence-electron chi connectivity index (χ0n) is 12.0. The number of ether oxygens (including phenoxy) is 1. The molecule has 10 heteroatoms. The minimum atomic E-state index is -1.68. The number of rotatable bonds is 3. The molecule has 2 aromatic heterocycles. The maximum Gasteiger partial charge on any atom is 0.280 e. The molecule has 0 aromatic carbocycles. The average Bonchev–Trinajstić information content (AvgIpc) is 3.00. The number of aliphatic hydroxyl groups is 3. The highest BCUT2D eigenvalue weighted by atomic mass is 16.6. The fraction of sp³-hybridized carbons (Fsp3) is 0.583. The Bertz CT molecular complexity index is 754. The van der Waals surface area contributed by atoms with Crippen molar-refractivity contribution in [2.75, 3.05) is 19.0 Å². The lowest BCUT2D eigenvalue weighted by Crippen LogP contribution is -2.44. The van der Waals surface area contributed by atoms with Crippen molar-refractivity contribution in [2.24, 2.45) is 0 Å². The molecule has 0 radical (unpaired) electrons. The zero-order chi connectivity index (χ0) is 16.1. The van der Waals surface area contributed by atoms with Crippen LogP contribution < -0.4 is 10.9 Å². The highest BCUT2D eigenvalue weighted by Gasteiger charge is 2.53. The van der Waals surface area contributed by atoms with Crippen molar-refractivity contribution in [1.82, 2.24) is 19.5 Å². The molecule has 120 valence electrons. The molecule has 0 aliphatic carbocycles. The number of hydrogen-bond acceptors (Lipinski definition) is 8. The number of aliphatic hydroxyl groups excluding tert-OH is 2. The summed E-state index contributed by atoms with van der Waals surface area (Å²) in [6.07, 6.45) is -1.96. The first kappa shape index (κ1) is 14.9. The number of fused-ring (bicyclic) bond motifs is 1. The largest absolute Gasteiger partial charge is 0.394 e. The van der Waals surface area contributed by atoms with E-state index in [-0.39, 0.29) is 17.1 Å². The second-order valence-corrected chi connectivity index (χ2v) is 5.37. The second-order valence-electron chi connectivity index (χ2n) is 5.37. The zero-order valence-corrected chi connectivity index (χ0v) is 12.0. The summed E-state index contributed by atoms with van der Waals surface area (Å²) in [6, 6.07) is 0. The summed E-state index contributed by atoms with van der Waals surface area (Å²) in [5.74, 6) is 0.233. The van der Waals surface area contributed by atoms with Crippen LogP contribution in [-0.2, 0) is 4.74 Å². The fourth-order valence-corrected chi connectivity index (χ4v) is 2.61. The Kier molecular flexibility index (Phi) is 3.40. The predicted octanol–water partition coefficient (Wildman–Crippen LogP) is -1.84. The molecule has 0 spiro atoms. The van der Waals surface area contributed by atoms with Gasteiger partial charge in [-0.1, -0.05) is 0 Å². The van der Waals surface area contributed by atoms with Crippen LogP contribution in [0.4, 0.5) is 5.95 Å². The summed E-state index contributed by atoms with van der Waals surface area (Å²) < 4.78 is 6.87. The Morgan fingerprint density at radius 2 is 2.32 bits per heavy atom. The van der Waals surface area contributed by atoms with Gasteiger partial charge in [0, 0.05) is 7.05 Å². The molecule has 3 heterocycles. The quantitative estimate of drug-likeness (QED) is 0.444. The molecule has 10 nitrogen and oxygen atoms in total. The van der Waals surface area contributed by atoms with E-state index >= 15 is 0 Å². The summed E-state index contributed by atoms with van der Waals surface area (Å²) in [5, 5.41) is 32.5. The van der Waals surface area contributed by atoms with Gasteiger partial charge in [-0.15, -0.1) is 0 Å². The molecular weight excluding hydrogens is 294 g/mol. The van der Waals surface area contributed by atoms with E-state index in [0.29, 0.717) is 0 Å². The minimum Gasteiger partial charge on any atom is -0.394 e. The van der Waals surface area contributed by atoms with E-state index in [1.54, 1.807) is 7.05 Å². The van der Waals surface area contributed by atoms with Crippen LogP contribution in [0.2, 0.25) is 0 Å². The Morgan fingerprint density at radius 3 is 2.91 bits per heavy atom. The normalized spacial score (nSPS) is 31.8. The highest BCUT2D eigenvalue weighted by molar-refractivity contribution is 5.71. The molecule has 2 aromatic rings. The predicted molar refractivity (Wildman–Crippen MR) is 75.3 cm³/mol. The summed E-state index contributed by atoms with van der Waals surface area (Å²) in [6.45, 7) is 0.937. The average molecular weight is 311 g/mol. The van der Waals surface area contributed by atoms with Crippen LogP contribution in [0.5, 0.6) is 0 Å². The molecular formula is C12H17N5O5. The van der Waals surface area contributed by atoms with Gasteiger partial charge in [-0.25, -0.2) is 4.98 Å². The lowest BCUT2D eigenvalue weighted by atomic mass is 9.96. The van der Waals surface area contributed by atoms with Gasteiger partial charge < -0.3 is 25.4 Å². The Labute approximate surface area is 124 Å². The number of anilines is 1. The maximum atomic E-state index is 11.9. The van der Waals surface area contributed by atoms with Crippen molar-refractivity contribution >= 4 is 17.1 Å². The molecule has 0 bridgehead atoms. The third-order valence-corrected chi connectivity index (χ3v) is 3.86. The van der Waals surface area contributed by atoms with Crippen LogP contribution in [0.1, 0.15) is 13.2 Å². The monoisotopic (exact) mass is 311 g/mol. The molecule has 3 rings (SSSR count). The van der Waals surface area contributed by atoms with Crippen molar-refractivity contribution in [3.05, 3.63) is 16.7 Å². The standard InChI is InChI=1S/C12H17N5O5/c1-12(21)7(19)5(3-18)22-10(12)17-4-14-6-8(17)15-11(13-2)16-9(6)20/h4-5,7,10,18-19,21H,3H2,1-2H3,(H2,13,15,16,20)/t5-,7-,10-,12-/m1/s1. The molecule has 1 aliphatic heterocycles. The van der Waals surface area contributed by atoms with E-state index in [2.05, 4.69) is 20.3 Å². The fourth-order valence-electron chi connectivity index (χ4n) is 2.61. The molecule has 4 atom stereocenters. The Morgan fingerprint density at radius 1 is 1.59 bits per heavy atom. The molecule has 1 saturated heterocycles. The van der Waals surface area contributed by atoms with Gasteiger partial charge in [0.25, 0.3) is 5.56 Å². The Hall–Kier alpha value is -2.01. The third-order valence-electron chi connectivity index (χ3n) is 3.86. The van der Waals surface area contributed by atoms with Crippen LogP contribution in [0.25, 0.3) is 11.2 Å². The number of aromatic amines is 1. The van der Waals surface area contributed by atoms with Gasteiger partial charge in [-0.3, -0.25) is 14.3 Å². The number of aromatic nitrogens is 4. The molecule has 1 aliphatic rings. The van der Waals surface area contributed by atoms with Gasteiger partial charge in [0.05, 0.1) is 12.9 Å². The SMILES string of the molecule is CNc1nc2c(ncn2[C@@H]2O[C@H](CO)[C@@H](O)[C@@]2(C)O)c(=O)[nH]1. The van der Waals surface area contributed by atoms with E-state index < -0.39 is 36.2 Å². The van der Waals surface area contributed by atoms with E-state index in [9.17, 15) is 20.1 Å². The van der Waals surface area contributed by atoms with Gasteiger partial charge in [0.15, 0.2) is 17.4 Å². The summed E-state index contributed by atoms with van der Waals surface area (Å²) in [4.78, 5) is 22.6. The smallest absolute Gasteiger partial charge is 0.280 e. The first-order chi connectivity index (χ1) is 10.4. The number of imidazole rings is 1. The first-order valence-electron chi connectivity index (χ1n) is 6.71. The molecule has 5 N–H and O–H groups in total. The topological polar surface area (TPSA) is 146 Å². The van der Waals surface area contributed by atoms with E-state index in [1.165, 1.54) is 17.8 Å². The van der Waals surface area contributed by atoms with Crippen molar-refractivity contribution in [3.8, 4) is 0 Å². The molecule has 1 fully saturated rings. The number of nitrogens with one attached hydrogen (secondary N) is 2. The van der Waals surface area contributed by atoms with Crippen LogP contribution in [0.15, 0.2) is 11.1 Å². The summed E-state index contributed by atoms with van der Waals surface area (Å²) >= 11 is 0. The maximum absolute atomic E-state index is 11.9. The van der Waals surface area contributed by atoms with Crippen LogP contribution in [0.3, 0.4) is 0 Å². The van der Waals surface area contributed by atoms with E-state index in [4.69, 9.17) is 4.74 Å². The van der Waals surface area contributed by atoms with Crippen molar-refractivity contribution < 1.29 is 20.1 Å². The lowest BCUT2D eigenvalue weighted by Gasteiger charge is -2.27. The van der Waals surface area contributed by atoms with Crippen molar-refractivity contribution in [3.63, 3.8) is 0 Å². The molecule has 22 heavy (non-hydrogen) atoms. The number of hydrogen-bond donors (Lipinski definition) is 5. The third kappa shape index (κ3) is 2.00. The number of H-pyrrole nitrogens is 1. The van der Waals surface area contributed by atoms with Crippen LogP contribution in [0, 0.1) is 0 Å². The van der Waals surface area contributed by atoms with Gasteiger partial charge in [0.2, 0.25) is 5.95 Å². The second kappa shape index (κ2) is 5.02.